The van der Waals surface area contributed by atoms with Gasteiger partial charge < -0.3 is 20.1 Å². The molecular weight excluding hydrogens is 320 g/mol. The molecule has 2 amide bonds. The highest BCUT2D eigenvalue weighted by molar-refractivity contribution is 5.74. The minimum absolute atomic E-state index is 0.0981. The van der Waals surface area contributed by atoms with E-state index < -0.39 is 0 Å². The van der Waals surface area contributed by atoms with Gasteiger partial charge in [-0.2, -0.15) is 0 Å². The molecular formula is C18H28N4O3. The molecule has 0 radical (unpaired) electrons. The lowest BCUT2D eigenvalue weighted by atomic mass is 9.98. The molecule has 3 rings (SSSR count). The van der Waals surface area contributed by atoms with Gasteiger partial charge >= 0.3 is 6.03 Å². The average molecular weight is 348 g/mol. The van der Waals surface area contributed by atoms with Gasteiger partial charge in [0.2, 0.25) is 0 Å². The lowest BCUT2D eigenvalue weighted by Gasteiger charge is -2.21. The second-order valence-electron chi connectivity index (χ2n) is 6.74. The molecule has 0 spiro atoms. The van der Waals surface area contributed by atoms with Crippen molar-refractivity contribution in [2.24, 2.45) is 5.92 Å². The highest BCUT2D eigenvalue weighted by Gasteiger charge is 2.21. The number of fused-ring (bicyclic) bond motifs is 1. The maximum absolute atomic E-state index is 12.1. The van der Waals surface area contributed by atoms with E-state index in [0.717, 1.165) is 36.4 Å². The lowest BCUT2D eigenvalue weighted by molar-refractivity contribution is 0.171. The number of urea groups is 1. The predicted molar refractivity (Wildman–Crippen MR) is 95.7 cm³/mol. The molecule has 4 N–H and O–H groups in total. The van der Waals surface area contributed by atoms with Gasteiger partial charge in [-0.1, -0.05) is 6.07 Å². The predicted octanol–water partition coefficient (Wildman–Crippen LogP) is 1.71. The first kappa shape index (κ1) is 17.8. The number of hydrogen-bond acceptors (Lipinski definition) is 5. The molecule has 3 unspecified atom stereocenters. The molecule has 0 aliphatic carbocycles. The first-order valence-corrected chi connectivity index (χ1v) is 9.06. The number of hydrogen-bond donors (Lipinski definition) is 4. The Morgan fingerprint density at radius 1 is 1.32 bits per heavy atom. The van der Waals surface area contributed by atoms with Gasteiger partial charge in [0.05, 0.1) is 6.04 Å². The first-order chi connectivity index (χ1) is 12.1. The zero-order chi connectivity index (χ0) is 17.6. The topological polar surface area (TPSA) is 83.7 Å². The highest BCUT2D eigenvalue weighted by Crippen LogP contribution is 2.32. The summed E-state index contributed by atoms with van der Waals surface area (Å²) in [6, 6.07) is 6.03. The Labute approximate surface area is 148 Å². The summed E-state index contributed by atoms with van der Waals surface area (Å²) in [6.07, 6.45) is 2.07. The Kier molecular flexibility index (Phi) is 5.99. The number of nitrogens with one attached hydrogen (secondary N) is 4. The Balaban J connectivity index is 1.40. The largest absolute Gasteiger partial charge is 0.486 e. The molecule has 2 aliphatic heterocycles. The number of benzene rings is 1. The van der Waals surface area contributed by atoms with Crippen LogP contribution in [0.5, 0.6) is 11.5 Å². The van der Waals surface area contributed by atoms with Crippen molar-refractivity contribution in [3.8, 4) is 11.5 Å². The standard InChI is InChI=1S/C18H28N4O3/c1-12(14-5-6-16-17(10-14)25-9-8-24-16)21-18(23)19-7-3-4-15-11-20-22-13(15)2/h5-6,10,12-13,15,20,22H,3-4,7-9,11H2,1-2H3,(H2,19,21,23). The third kappa shape index (κ3) is 4.76. The van der Waals surface area contributed by atoms with Crippen LogP contribution in [-0.2, 0) is 0 Å². The molecule has 1 aromatic rings. The molecule has 138 valence electrons. The fourth-order valence-electron chi connectivity index (χ4n) is 3.22. The van der Waals surface area contributed by atoms with Crippen molar-refractivity contribution in [1.82, 2.24) is 21.5 Å². The van der Waals surface area contributed by atoms with Crippen LogP contribution in [0.2, 0.25) is 0 Å². The van der Waals surface area contributed by atoms with Gasteiger partial charge in [-0.25, -0.2) is 4.79 Å². The normalized spacial score (nSPS) is 23.1. The molecule has 0 bridgehead atoms. The summed E-state index contributed by atoms with van der Waals surface area (Å²) in [7, 11) is 0. The first-order valence-electron chi connectivity index (χ1n) is 9.06. The smallest absolute Gasteiger partial charge is 0.315 e. The van der Waals surface area contributed by atoms with Crippen molar-refractivity contribution in [2.45, 2.75) is 38.8 Å². The van der Waals surface area contributed by atoms with E-state index in [2.05, 4.69) is 28.4 Å². The molecule has 0 saturated carbocycles. The van der Waals surface area contributed by atoms with Crippen molar-refractivity contribution in [3.63, 3.8) is 0 Å². The van der Waals surface area contributed by atoms with Crippen molar-refractivity contribution < 1.29 is 14.3 Å². The summed E-state index contributed by atoms with van der Waals surface area (Å²) >= 11 is 0. The zero-order valence-corrected chi connectivity index (χ0v) is 14.9. The van der Waals surface area contributed by atoms with Gasteiger partial charge in [0.15, 0.2) is 11.5 Å². The van der Waals surface area contributed by atoms with Crippen LogP contribution >= 0.6 is 0 Å². The fourth-order valence-corrected chi connectivity index (χ4v) is 3.22. The van der Waals surface area contributed by atoms with Gasteiger partial charge in [0.25, 0.3) is 0 Å². The van der Waals surface area contributed by atoms with Gasteiger partial charge in [-0.15, -0.1) is 0 Å². The highest BCUT2D eigenvalue weighted by atomic mass is 16.6. The molecule has 2 aliphatic rings. The summed E-state index contributed by atoms with van der Waals surface area (Å²) in [5.41, 5.74) is 7.38. The van der Waals surface area contributed by atoms with Crippen LogP contribution in [0.4, 0.5) is 4.79 Å². The average Bonchev–Trinajstić information content (AvgIpc) is 3.03. The van der Waals surface area contributed by atoms with E-state index in [0.29, 0.717) is 31.7 Å². The second kappa shape index (κ2) is 8.40. The number of carbonyl (C=O) groups excluding carboxylic acids is 1. The molecule has 0 aromatic heterocycles. The van der Waals surface area contributed by atoms with Crippen LogP contribution in [0.3, 0.4) is 0 Å². The third-order valence-corrected chi connectivity index (χ3v) is 4.85. The number of rotatable bonds is 6. The molecule has 2 heterocycles. The Morgan fingerprint density at radius 3 is 2.88 bits per heavy atom. The van der Waals surface area contributed by atoms with Gasteiger partial charge in [0.1, 0.15) is 13.2 Å². The van der Waals surface area contributed by atoms with Crippen LogP contribution in [-0.4, -0.2) is 38.4 Å². The fraction of sp³-hybridized carbons (Fsp3) is 0.611. The van der Waals surface area contributed by atoms with Crippen LogP contribution in [0.25, 0.3) is 0 Å². The third-order valence-electron chi connectivity index (χ3n) is 4.85. The van der Waals surface area contributed by atoms with Crippen LogP contribution < -0.4 is 31.0 Å². The van der Waals surface area contributed by atoms with E-state index in [1.807, 2.05) is 25.1 Å². The summed E-state index contributed by atoms with van der Waals surface area (Å²) in [5, 5.41) is 5.91. The summed E-state index contributed by atoms with van der Waals surface area (Å²) in [6.45, 7) is 6.96. The number of amides is 2. The second-order valence-corrected chi connectivity index (χ2v) is 6.74. The molecule has 1 fully saturated rings. The van der Waals surface area contributed by atoms with Crippen molar-refractivity contribution in [2.75, 3.05) is 26.3 Å². The van der Waals surface area contributed by atoms with Crippen LogP contribution in [0.15, 0.2) is 18.2 Å². The van der Waals surface area contributed by atoms with Gasteiger partial charge in [-0.05, 0) is 50.3 Å². The lowest BCUT2D eigenvalue weighted by Crippen LogP contribution is -2.37. The van der Waals surface area contributed by atoms with Crippen molar-refractivity contribution in [1.29, 1.82) is 0 Å². The Hall–Kier alpha value is -1.99. The Bertz CT molecular complexity index is 596. The monoisotopic (exact) mass is 348 g/mol. The molecule has 25 heavy (non-hydrogen) atoms. The quantitative estimate of drug-likeness (QED) is 0.588. The molecule has 1 aromatic carbocycles. The number of ether oxygens (including phenoxy) is 2. The van der Waals surface area contributed by atoms with E-state index >= 15 is 0 Å². The minimum atomic E-state index is -0.141. The minimum Gasteiger partial charge on any atom is -0.486 e. The Morgan fingerprint density at radius 2 is 2.12 bits per heavy atom. The maximum Gasteiger partial charge on any atom is 0.315 e. The molecule has 7 heteroatoms. The van der Waals surface area contributed by atoms with E-state index in [1.54, 1.807) is 0 Å². The van der Waals surface area contributed by atoms with E-state index in [1.165, 1.54) is 0 Å². The molecule has 1 saturated heterocycles. The zero-order valence-electron chi connectivity index (χ0n) is 14.9. The molecule has 7 nitrogen and oxygen atoms in total. The van der Waals surface area contributed by atoms with Crippen molar-refractivity contribution >= 4 is 6.03 Å². The van der Waals surface area contributed by atoms with Gasteiger partial charge in [-0.3, -0.25) is 10.9 Å². The number of hydrazine groups is 1. The van der Waals surface area contributed by atoms with E-state index in [4.69, 9.17) is 9.47 Å². The number of carbonyl (C=O) groups is 1. The van der Waals surface area contributed by atoms with Gasteiger partial charge in [0, 0.05) is 19.1 Å². The summed E-state index contributed by atoms with van der Waals surface area (Å²) < 4.78 is 11.1. The van der Waals surface area contributed by atoms with E-state index in [9.17, 15) is 4.79 Å². The molecule has 3 atom stereocenters. The summed E-state index contributed by atoms with van der Waals surface area (Å²) in [5.74, 6) is 2.13. The van der Waals surface area contributed by atoms with Crippen LogP contribution in [0.1, 0.15) is 38.3 Å². The maximum atomic E-state index is 12.1. The summed E-state index contributed by atoms with van der Waals surface area (Å²) in [4.78, 5) is 12.1. The SMILES string of the molecule is CC(NC(=O)NCCCC1CNNC1C)c1ccc2c(c1)OCCO2. The van der Waals surface area contributed by atoms with E-state index in [-0.39, 0.29) is 12.1 Å². The van der Waals surface area contributed by atoms with Crippen LogP contribution in [0, 0.1) is 5.92 Å². The van der Waals surface area contributed by atoms with Crippen molar-refractivity contribution in [3.05, 3.63) is 23.8 Å².